The first kappa shape index (κ1) is 25.6. The van der Waals surface area contributed by atoms with Gasteiger partial charge in [-0.05, 0) is 73.4 Å². The molecule has 0 fully saturated rings. The second kappa shape index (κ2) is 13.0. The van der Waals surface area contributed by atoms with Crippen LogP contribution in [0.3, 0.4) is 0 Å². The summed E-state index contributed by atoms with van der Waals surface area (Å²) in [6, 6.07) is 12.3. The normalized spacial score (nSPS) is 12.9. The molecule has 4 nitrogen and oxygen atoms in total. The Morgan fingerprint density at radius 2 is 1.56 bits per heavy atom. The van der Waals surface area contributed by atoms with E-state index in [2.05, 4.69) is 67.6 Å². The van der Waals surface area contributed by atoms with Crippen LogP contribution in [-0.4, -0.2) is 26.4 Å². The van der Waals surface area contributed by atoms with Crippen LogP contribution in [0, 0.1) is 6.92 Å². The van der Waals surface area contributed by atoms with Gasteiger partial charge in [-0.1, -0.05) is 48.6 Å². The molecule has 0 aliphatic carbocycles. The highest BCUT2D eigenvalue weighted by Crippen LogP contribution is 2.38. The van der Waals surface area contributed by atoms with Gasteiger partial charge >= 0.3 is 0 Å². The van der Waals surface area contributed by atoms with Gasteiger partial charge in [0.05, 0.1) is 27.4 Å². The number of hydrogen-bond donors (Lipinski definition) is 1. The maximum Gasteiger partial charge on any atom is 0.203 e. The van der Waals surface area contributed by atoms with E-state index in [0.29, 0.717) is 17.2 Å². The minimum atomic E-state index is -0.411. The fourth-order valence-corrected chi connectivity index (χ4v) is 4.91. The van der Waals surface area contributed by atoms with E-state index in [1.54, 1.807) is 32.7 Å². The third kappa shape index (κ3) is 6.75. The molecule has 0 aliphatic rings. The number of allylic oxidation sites excluding steroid dienone is 5. The number of unbranched alkanes of at least 4 members (excludes halogenated alkanes) is 1. The van der Waals surface area contributed by atoms with Crippen molar-refractivity contribution in [2.45, 2.75) is 38.7 Å². The number of rotatable bonds is 12. The molecule has 1 heterocycles. The predicted molar refractivity (Wildman–Crippen MR) is 143 cm³/mol. The molecular weight excluding hydrogens is 444 g/mol. The highest BCUT2D eigenvalue weighted by molar-refractivity contribution is 7.19. The summed E-state index contributed by atoms with van der Waals surface area (Å²) < 4.78 is 17.4. The molecule has 1 atom stereocenters. The predicted octanol–water partition coefficient (Wildman–Crippen LogP) is 7.66. The van der Waals surface area contributed by atoms with Gasteiger partial charge in [0.1, 0.15) is 0 Å². The van der Waals surface area contributed by atoms with Crippen LogP contribution in [-0.2, 0) is 0 Å². The Hall–Kier alpha value is -3.02. The molecule has 0 spiro atoms. The molecule has 2 aromatic carbocycles. The lowest BCUT2D eigenvalue weighted by molar-refractivity contribution is 0.172. The zero-order valence-corrected chi connectivity index (χ0v) is 21.2. The fourth-order valence-electron chi connectivity index (χ4n) is 3.75. The molecule has 180 valence electrons. The number of aliphatic hydroxyl groups excluding tert-OH is 1. The van der Waals surface area contributed by atoms with E-state index in [9.17, 15) is 5.11 Å². The van der Waals surface area contributed by atoms with Gasteiger partial charge < -0.3 is 19.3 Å². The van der Waals surface area contributed by atoms with Crippen LogP contribution in [0.2, 0.25) is 0 Å². The summed E-state index contributed by atoms with van der Waals surface area (Å²) in [5.74, 6) is 1.90. The molecule has 1 aromatic heterocycles. The largest absolute Gasteiger partial charge is 0.493 e. The maximum absolute atomic E-state index is 10.5. The molecule has 1 unspecified atom stereocenters. The summed E-state index contributed by atoms with van der Waals surface area (Å²) in [4.78, 5) is 1.05. The number of aliphatic hydroxyl groups is 1. The highest BCUT2D eigenvalue weighted by Gasteiger charge is 2.12. The van der Waals surface area contributed by atoms with Gasteiger partial charge in [0.25, 0.3) is 0 Å². The number of fused-ring (bicyclic) bond motifs is 1. The van der Waals surface area contributed by atoms with Gasteiger partial charge in [0.2, 0.25) is 5.75 Å². The van der Waals surface area contributed by atoms with Gasteiger partial charge in [-0.3, -0.25) is 0 Å². The third-order valence-corrected chi connectivity index (χ3v) is 6.82. The van der Waals surface area contributed by atoms with E-state index in [4.69, 9.17) is 14.2 Å². The van der Waals surface area contributed by atoms with Gasteiger partial charge in [-0.15, -0.1) is 11.3 Å². The molecule has 0 amide bonds. The maximum atomic E-state index is 10.5. The topological polar surface area (TPSA) is 47.9 Å². The standard InChI is InChI=1S/C29H34O4S/c1-21-14-13-17-27-23(21)20-28(34-27)24(30)16-12-10-8-6-5-7-9-11-15-22-18-25(31-2)29(33-4)26(19-22)32-3/h5-6,8,10-11,13-15,17-20,24,30H,7,9,12,16H2,1-4H3/b6-5?,10-8-,15-11?. The van der Waals surface area contributed by atoms with E-state index >= 15 is 0 Å². The van der Waals surface area contributed by atoms with Crippen molar-refractivity contribution >= 4 is 27.5 Å². The van der Waals surface area contributed by atoms with Crippen molar-refractivity contribution in [1.29, 1.82) is 0 Å². The van der Waals surface area contributed by atoms with Crippen molar-refractivity contribution in [3.63, 3.8) is 0 Å². The van der Waals surface area contributed by atoms with Gasteiger partial charge in [-0.2, -0.15) is 0 Å². The molecule has 1 N–H and O–H groups in total. The van der Waals surface area contributed by atoms with E-state index in [1.807, 2.05) is 12.1 Å². The van der Waals surface area contributed by atoms with E-state index < -0.39 is 6.10 Å². The first-order chi connectivity index (χ1) is 16.6. The Morgan fingerprint density at radius 3 is 2.21 bits per heavy atom. The Bertz CT molecular complexity index is 1130. The average molecular weight is 479 g/mol. The SMILES string of the molecule is COc1cc(C=CCCC=C/C=C\CCC(O)c2cc3c(C)cccc3s2)cc(OC)c1OC. The lowest BCUT2D eigenvalue weighted by Crippen LogP contribution is -1.95. The summed E-state index contributed by atoms with van der Waals surface area (Å²) in [6.45, 7) is 2.11. The third-order valence-electron chi connectivity index (χ3n) is 5.61. The molecule has 3 rings (SSSR count). The number of thiophene rings is 1. The monoisotopic (exact) mass is 478 g/mol. The fraction of sp³-hybridized carbons (Fsp3) is 0.310. The zero-order valence-electron chi connectivity index (χ0n) is 20.4. The molecule has 3 aromatic rings. The number of methoxy groups -OCH3 is 3. The number of benzene rings is 2. The van der Waals surface area contributed by atoms with Crippen molar-refractivity contribution in [3.05, 3.63) is 82.8 Å². The number of ether oxygens (including phenoxy) is 3. The average Bonchev–Trinajstić information content (AvgIpc) is 3.30. The molecule has 0 saturated heterocycles. The minimum Gasteiger partial charge on any atom is -0.493 e. The quantitative estimate of drug-likeness (QED) is 0.214. The molecule has 34 heavy (non-hydrogen) atoms. The Balaban J connectivity index is 1.40. The van der Waals surface area contributed by atoms with Crippen LogP contribution in [0.15, 0.2) is 66.8 Å². The Morgan fingerprint density at radius 1 is 0.882 bits per heavy atom. The Kier molecular flexibility index (Phi) is 9.80. The van der Waals surface area contributed by atoms with Gasteiger partial charge in [0.15, 0.2) is 11.5 Å². The molecule has 5 heteroatoms. The molecule has 0 saturated carbocycles. The second-order valence-electron chi connectivity index (χ2n) is 8.02. The lowest BCUT2D eigenvalue weighted by atomic mass is 10.1. The van der Waals surface area contributed by atoms with Crippen molar-refractivity contribution in [2.75, 3.05) is 21.3 Å². The second-order valence-corrected chi connectivity index (χ2v) is 9.14. The van der Waals surface area contributed by atoms with Crippen molar-refractivity contribution < 1.29 is 19.3 Å². The van der Waals surface area contributed by atoms with Gasteiger partial charge in [0, 0.05) is 9.58 Å². The number of hydrogen-bond acceptors (Lipinski definition) is 5. The van der Waals surface area contributed by atoms with Crippen molar-refractivity contribution in [1.82, 2.24) is 0 Å². The summed E-state index contributed by atoms with van der Waals surface area (Å²) in [5.41, 5.74) is 2.27. The van der Waals surface area contributed by atoms with Crippen LogP contribution in [0.4, 0.5) is 0 Å². The van der Waals surface area contributed by atoms with Crippen LogP contribution >= 0.6 is 11.3 Å². The number of aryl methyl sites for hydroxylation is 1. The first-order valence-corrected chi connectivity index (χ1v) is 12.3. The van der Waals surface area contributed by atoms with Crippen LogP contribution in [0.25, 0.3) is 16.2 Å². The highest BCUT2D eigenvalue weighted by atomic mass is 32.1. The van der Waals surface area contributed by atoms with Crippen molar-refractivity contribution in [2.24, 2.45) is 0 Å². The summed E-state index contributed by atoms with van der Waals surface area (Å²) >= 11 is 1.69. The minimum absolute atomic E-state index is 0.411. The smallest absolute Gasteiger partial charge is 0.203 e. The van der Waals surface area contributed by atoms with E-state index in [1.165, 1.54) is 15.6 Å². The molecule has 0 aliphatic heterocycles. The Labute approximate surface area is 206 Å². The van der Waals surface area contributed by atoms with Crippen LogP contribution in [0.5, 0.6) is 17.2 Å². The summed E-state index contributed by atoms with van der Waals surface area (Å²) in [6.07, 6.45) is 15.7. The van der Waals surface area contributed by atoms with Crippen LogP contribution < -0.4 is 14.2 Å². The molecular formula is C29H34O4S. The summed E-state index contributed by atoms with van der Waals surface area (Å²) in [7, 11) is 4.84. The zero-order chi connectivity index (χ0) is 24.3. The van der Waals surface area contributed by atoms with Gasteiger partial charge in [-0.25, -0.2) is 0 Å². The van der Waals surface area contributed by atoms with Crippen LogP contribution in [0.1, 0.15) is 47.8 Å². The molecule has 0 radical (unpaired) electrons. The van der Waals surface area contributed by atoms with Crippen molar-refractivity contribution in [3.8, 4) is 17.2 Å². The van der Waals surface area contributed by atoms with E-state index in [0.717, 1.165) is 36.1 Å². The summed E-state index contributed by atoms with van der Waals surface area (Å²) in [5, 5.41) is 11.8. The molecule has 0 bridgehead atoms. The lowest BCUT2D eigenvalue weighted by Gasteiger charge is -2.12. The van der Waals surface area contributed by atoms with E-state index in [-0.39, 0.29) is 0 Å². The first-order valence-electron chi connectivity index (χ1n) is 11.5.